The minimum absolute atomic E-state index is 0.0194. The van der Waals surface area contributed by atoms with E-state index >= 15 is 0 Å². The number of ether oxygens (including phenoxy) is 3. The van der Waals surface area contributed by atoms with Gasteiger partial charge in [-0.25, -0.2) is 0 Å². The van der Waals surface area contributed by atoms with Gasteiger partial charge in [0.15, 0.2) is 5.79 Å². The van der Waals surface area contributed by atoms with Gasteiger partial charge in [-0.3, -0.25) is 9.48 Å². The van der Waals surface area contributed by atoms with Crippen molar-refractivity contribution in [2.75, 3.05) is 33.4 Å². The Morgan fingerprint density at radius 2 is 1.88 bits per heavy atom. The summed E-state index contributed by atoms with van der Waals surface area (Å²) < 4.78 is 18.5. The maximum Gasteiger partial charge on any atom is 0.272 e. The molecule has 0 bridgehead atoms. The fourth-order valence-corrected chi connectivity index (χ4v) is 3.65. The molecule has 7 nitrogen and oxygen atoms in total. The van der Waals surface area contributed by atoms with Crippen LogP contribution in [0.25, 0.3) is 11.3 Å². The SMILES string of the molecule is COc1ccccc1-c1cc(C(=O)N2CCC3(CC2)OCCO3)n(C)n1. The minimum atomic E-state index is -0.480. The quantitative estimate of drug-likeness (QED) is 0.841. The van der Waals surface area contributed by atoms with Gasteiger partial charge in [0, 0.05) is 38.5 Å². The number of carbonyl (C=O) groups is 1. The van der Waals surface area contributed by atoms with Crippen molar-refractivity contribution in [3.8, 4) is 17.0 Å². The van der Waals surface area contributed by atoms with Gasteiger partial charge in [-0.15, -0.1) is 0 Å². The van der Waals surface area contributed by atoms with E-state index in [-0.39, 0.29) is 5.91 Å². The third-order valence-electron chi connectivity index (χ3n) is 5.11. The van der Waals surface area contributed by atoms with Crippen molar-refractivity contribution in [3.05, 3.63) is 36.0 Å². The molecule has 0 radical (unpaired) electrons. The van der Waals surface area contributed by atoms with Crippen LogP contribution in [0.15, 0.2) is 30.3 Å². The Balaban J connectivity index is 1.53. The highest BCUT2D eigenvalue weighted by atomic mass is 16.7. The summed E-state index contributed by atoms with van der Waals surface area (Å²) in [4.78, 5) is 14.8. The number of para-hydroxylation sites is 1. The van der Waals surface area contributed by atoms with E-state index < -0.39 is 5.79 Å². The van der Waals surface area contributed by atoms with Crippen molar-refractivity contribution in [3.63, 3.8) is 0 Å². The molecule has 2 saturated heterocycles. The Bertz CT molecular complexity index is 801. The lowest BCUT2D eigenvalue weighted by atomic mass is 10.0. The zero-order chi connectivity index (χ0) is 18.1. The number of likely N-dealkylation sites (tertiary alicyclic amines) is 1. The zero-order valence-corrected chi connectivity index (χ0v) is 15.1. The minimum Gasteiger partial charge on any atom is -0.496 e. The summed E-state index contributed by atoms with van der Waals surface area (Å²) >= 11 is 0. The van der Waals surface area contributed by atoms with E-state index in [1.54, 1.807) is 18.8 Å². The van der Waals surface area contributed by atoms with Gasteiger partial charge in [0.2, 0.25) is 0 Å². The van der Waals surface area contributed by atoms with Gasteiger partial charge >= 0.3 is 0 Å². The molecule has 1 amide bonds. The highest BCUT2D eigenvalue weighted by Crippen LogP contribution is 2.33. The maximum absolute atomic E-state index is 13.0. The molecule has 0 atom stereocenters. The summed E-state index contributed by atoms with van der Waals surface area (Å²) in [7, 11) is 3.42. The lowest BCUT2D eigenvalue weighted by molar-refractivity contribution is -0.181. The van der Waals surface area contributed by atoms with Crippen LogP contribution in [0.5, 0.6) is 5.75 Å². The number of nitrogens with zero attached hydrogens (tertiary/aromatic N) is 3. The third kappa shape index (κ3) is 2.97. The molecule has 0 saturated carbocycles. The molecule has 2 aliphatic rings. The standard InChI is InChI=1S/C19H23N3O4/c1-21-16(13-15(20-21)14-5-3-4-6-17(14)24-2)18(23)22-9-7-19(8-10-22)25-11-12-26-19/h3-6,13H,7-12H2,1-2H3. The second-order valence-electron chi connectivity index (χ2n) is 6.64. The monoisotopic (exact) mass is 357 g/mol. The van der Waals surface area contributed by atoms with E-state index in [9.17, 15) is 4.79 Å². The van der Waals surface area contributed by atoms with Crippen molar-refractivity contribution < 1.29 is 19.0 Å². The molecule has 1 spiro atoms. The summed E-state index contributed by atoms with van der Waals surface area (Å²) in [6.45, 7) is 2.51. The Morgan fingerprint density at radius 1 is 1.19 bits per heavy atom. The van der Waals surface area contributed by atoms with E-state index in [1.807, 2.05) is 35.2 Å². The molecular weight excluding hydrogens is 334 g/mol. The van der Waals surface area contributed by atoms with E-state index in [4.69, 9.17) is 14.2 Å². The van der Waals surface area contributed by atoms with E-state index in [0.29, 0.717) is 44.8 Å². The highest BCUT2D eigenvalue weighted by Gasteiger charge is 2.41. The predicted molar refractivity (Wildman–Crippen MR) is 95.0 cm³/mol. The average molecular weight is 357 g/mol. The molecule has 4 rings (SSSR count). The second kappa shape index (κ2) is 6.74. The van der Waals surface area contributed by atoms with Crippen LogP contribution in [0.1, 0.15) is 23.3 Å². The number of methoxy groups -OCH3 is 1. The first-order chi connectivity index (χ1) is 12.6. The van der Waals surface area contributed by atoms with Crippen LogP contribution in [-0.2, 0) is 16.5 Å². The molecule has 1 aromatic heterocycles. The van der Waals surface area contributed by atoms with Crippen molar-refractivity contribution in [2.45, 2.75) is 18.6 Å². The van der Waals surface area contributed by atoms with Crippen molar-refractivity contribution in [1.82, 2.24) is 14.7 Å². The van der Waals surface area contributed by atoms with Crippen LogP contribution in [0.3, 0.4) is 0 Å². The van der Waals surface area contributed by atoms with Gasteiger partial charge in [0.25, 0.3) is 5.91 Å². The summed E-state index contributed by atoms with van der Waals surface area (Å²) in [5.41, 5.74) is 2.16. The first-order valence-electron chi connectivity index (χ1n) is 8.86. The molecule has 1 aromatic carbocycles. The van der Waals surface area contributed by atoms with Crippen LogP contribution in [0.2, 0.25) is 0 Å². The molecule has 138 valence electrons. The predicted octanol–water partition coefficient (Wildman–Crippen LogP) is 2.07. The number of aryl methyl sites for hydroxylation is 1. The molecule has 3 heterocycles. The third-order valence-corrected chi connectivity index (χ3v) is 5.11. The van der Waals surface area contributed by atoms with Crippen LogP contribution in [-0.4, -0.2) is 59.8 Å². The fraction of sp³-hybridized carbons (Fsp3) is 0.474. The zero-order valence-electron chi connectivity index (χ0n) is 15.1. The van der Waals surface area contributed by atoms with Crippen LogP contribution >= 0.6 is 0 Å². The molecule has 26 heavy (non-hydrogen) atoms. The van der Waals surface area contributed by atoms with E-state index in [0.717, 1.165) is 17.0 Å². The molecule has 7 heteroatoms. The Labute approximate surface area is 152 Å². The number of hydrogen-bond donors (Lipinski definition) is 0. The maximum atomic E-state index is 13.0. The van der Waals surface area contributed by atoms with Crippen molar-refractivity contribution >= 4 is 5.91 Å². The average Bonchev–Trinajstić information content (AvgIpc) is 3.28. The molecule has 2 fully saturated rings. The Hall–Kier alpha value is -2.38. The lowest BCUT2D eigenvalue weighted by Gasteiger charge is -2.37. The largest absolute Gasteiger partial charge is 0.496 e. The normalized spacial score (nSPS) is 19.1. The lowest BCUT2D eigenvalue weighted by Crippen LogP contribution is -2.47. The number of benzene rings is 1. The smallest absolute Gasteiger partial charge is 0.272 e. The number of carbonyl (C=O) groups excluding carboxylic acids is 1. The van der Waals surface area contributed by atoms with Gasteiger partial charge in [-0.2, -0.15) is 5.10 Å². The van der Waals surface area contributed by atoms with Gasteiger partial charge in [-0.1, -0.05) is 12.1 Å². The summed E-state index contributed by atoms with van der Waals surface area (Å²) in [5, 5.41) is 4.52. The van der Waals surface area contributed by atoms with E-state index in [2.05, 4.69) is 5.10 Å². The number of piperidine rings is 1. The first kappa shape index (κ1) is 17.1. The van der Waals surface area contributed by atoms with Gasteiger partial charge in [0.1, 0.15) is 11.4 Å². The number of rotatable bonds is 3. The van der Waals surface area contributed by atoms with Crippen LogP contribution in [0.4, 0.5) is 0 Å². The molecule has 2 aromatic rings. The molecular formula is C19H23N3O4. The van der Waals surface area contributed by atoms with Gasteiger partial charge in [-0.05, 0) is 18.2 Å². The van der Waals surface area contributed by atoms with Crippen LogP contribution in [0, 0.1) is 0 Å². The summed E-state index contributed by atoms with van der Waals surface area (Å²) in [6.07, 6.45) is 1.41. The topological polar surface area (TPSA) is 65.8 Å². The molecule has 0 N–H and O–H groups in total. The Kier molecular flexibility index (Phi) is 4.42. The number of amides is 1. The molecule has 0 unspecified atom stereocenters. The number of hydrogen-bond acceptors (Lipinski definition) is 5. The highest BCUT2D eigenvalue weighted by molar-refractivity contribution is 5.94. The second-order valence-corrected chi connectivity index (χ2v) is 6.64. The molecule has 0 aliphatic carbocycles. The van der Waals surface area contributed by atoms with Crippen molar-refractivity contribution in [1.29, 1.82) is 0 Å². The summed E-state index contributed by atoms with van der Waals surface area (Å²) in [6, 6.07) is 9.49. The first-order valence-corrected chi connectivity index (χ1v) is 8.86. The molecule has 2 aliphatic heterocycles. The Morgan fingerprint density at radius 3 is 2.58 bits per heavy atom. The van der Waals surface area contributed by atoms with Gasteiger partial charge < -0.3 is 19.1 Å². The van der Waals surface area contributed by atoms with Crippen molar-refractivity contribution in [2.24, 2.45) is 7.05 Å². The van der Waals surface area contributed by atoms with Crippen LogP contribution < -0.4 is 4.74 Å². The van der Waals surface area contributed by atoms with Gasteiger partial charge in [0.05, 0.1) is 26.0 Å². The van der Waals surface area contributed by atoms with E-state index in [1.165, 1.54) is 0 Å². The number of aromatic nitrogens is 2. The fourth-order valence-electron chi connectivity index (χ4n) is 3.65. The summed E-state index contributed by atoms with van der Waals surface area (Å²) in [5.74, 6) is 0.236.